The van der Waals surface area contributed by atoms with Crippen LogP contribution in [0.4, 0.5) is 17.1 Å². The minimum atomic E-state index is -4.24. The van der Waals surface area contributed by atoms with Crippen LogP contribution in [-0.2, 0) is 10.0 Å². The molecule has 0 unspecified atom stereocenters. The predicted octanol–water partition coefficient (Wildman–Crippen LogP) is 4.46. The number of hydrogen-bond acceptors (Lipinski definition) is 10. The van der Waals surface area contributed by atoms with E-state index >= 15 is 0 Å². The quantitative estimate of drug-likeness (QED) is 0.0959. The fourth-order valence-corrected chi connectivity index (χ4v) is 4.49. The van der Waals surface area contributed by atoms with Crippen LogP contribution in [0, 0.1) is 10.1 Å². The molecule has 0 saturated heterocycles. The smallest absolute Gasteiger partial charge is 0.345 e. The Balaban J connectivity index is 1.49. The normalized spacial score (nSPS) is 11.1. The van der Waals surface area contributed by atoms with Gasteiger partial charge in [-0.15, -0.1) is 0 Å². The second-order valence-corrected chi connectivity index (χ2v) is 9.49. The summed E-state index contributed by atoms with van der Waals surface area (Å²) in [7, 11) is -2.76. The Morgan fingerprint density at radius 3 is 2.38 bits per heavy atom. The number of nitro groups is 1. The summed E-state index contributed by atoms with van der Waals surface area (Å²) < 4.78 is 39.0. The largest absolute Gasteiger partial charge is 0.497 e. The number of methoxy groups -OCH3 is 1. The van der Waals surface area contributed by atoms with Gasteiger partial charge in [0.15, 0.2) is 0 Å². The maximum absolute atomic E-state index is 13.1. The average Bonchev–Trinajstić information content (AvgIpc) is 2.94. The first-order valence-electron chi connectivity index (χ1n) is 11.2. The van der Waals surface area contributed by atoms with E-state index in [1.807, 2.05) is 0 Å². The molecule has 0 bridgehead atoms. The lowest BCUT2D eigenvalue weighted by Gasteiger charge is -2.12. The summed E-state index contributed by atoms with van der Waals surface area (Å²) >= 11 is 0. The number of rotatable bonds is 10. The highest BCUT2D eigenvalue weighted by Crippen LogP contribution is 2.29. The van der Waals surface area contributed by atoms with Gasteiger partial charge in [0.05, 0.1) is 29.5 Å². The fourth-order valence-electron chi connectivity index (χ4n) is 3.26. The molecule has 12 nitrogen and oxygen atoms in total. The number of anilines is 2. The lowest BCUT2D eigenvalue weighted by molar-refractivity contribution is -0.385. The number of ether oxygens (including phenoxy) is 2. The van der Waals surface area contributed by atoms with Crippen molar-refractivity contribution in [3.63, 3.8) is 0 Å². The number of pyridine rings is 1. The fraction of sp³-hybridized carbons (Fsp3) is 0.0385. The molecule has 0 aliphatic carbocycles. The minimum absolute atomic E-state index is 0.0138. The van der Waals surface area contributed by atoms with Crippen LogP contribution in [0.1, 0.15) is 15.9 Å². The molecule has 13 heteroatoms. The van der Waals surface area contributed by atoms with Crippen molar-refractivity contribution in [1.82, 2.24) is 4.98 Å². The Hall–Kier alpha value is -5.30. The summed E-state index contributed by atoms with van der Waals surface area (Å²) in [4.78, 5) is 26.2. The van der Waals surface area contributed by atoms with E-state index in [1.165, 1.54) is 37.7 Å². The van der Waals surface area contributed by atoms with E-state index in [2.05, 4.69) is 20.2 Å². The number of non-ortho nitro benzene ring substituents is 1. The first-order valence-corrected chi connectivity index (χ1v) is 12.7. The van der Waals surface area contributed by atoms with Gasteiger partial charge in [-0.3, -0.25) is 25.2 Å². The van der Waals surface area contributed by atoms with Crippen molar-refractivity contribution in [3.05, 3.63) is 112 Å². The van der Waals surface area contributed by atoms with E-state index in [-0.39, 0.29) is 16.3 Å². The summed E-state index contributed by atoms with van der Waals surface area (Å²) in [5.41, 5.74) is 3.38. The lowest BCUT2D eigenvalue weighted by atomic mass is 10.2. The van der Waals surface area contributed by atoms with Crippen LogP contribution in [-0.4, -0.2) is 37.6 Å². The molecule has 39 heavy (non-hydrogen) atoms. The van der Waals surface area contributed by atoms with Crippen LogP contribution in [0.2, 0.25) is 0 Å². The number of nitrogens with zero attached hydrogens (tertiary/aromatic N) is 3. The number of sulfonamides is 1. The number of aromatic nitrogens is 1. The van der Waals surface area contributed by atoms with E-state index in [0.717, 1.165) is 12.1 Å². The topological polar surface area (TPSA) is 162 Å². The number of hydrogen-bond donors (Lipinski definition) is 2. The van der Waals surface area contributed by atoms with Crippen LogP contribution in [0.15, 0.2) is 101 Å². The summed E-state index contributed by atoms with van der Waals surface area (Å²) in [6.07, 6.45) is 4.35. The highest BCUT2D eigenvalue weighted by atomic mass is 32.2. The molecule has 0 radical (unpaired) electrons. The molecule has 0 atom stereocenters. The molecule has 1 aromatic heterocycles. The molecular formula is C26H21N5O7S. The molecule has 4 aromatic rings. The second kappa shape index (κ2) is 11.8. The lowest BCUT2D eigenvalue weighted by Crippen LogP contribution is -2.15. The molecule has 0 saturated carbocycles. The molecule has 0 aliphatic rings. The van der Waals surface area contributed by atoms with Gasteiger partial charge in [0.2, 0.25) is 0 Å². The number of benzene rings is 3. The predicted molar refractivity (Wildman–Crippen MR) is 144 cm³/mol. The highest BCUT2D eigenvalue weighted by Gasteiger charge is 2.23. The zero-order chi connectivity index (χ0) is 27.8. The zero-order valence-electron chi connectivity index (χ0n) is 20.3. The van der Waals surface area contributed by atoms with E-state index in [4.69, 9.17) is 9.47 Å². The molecule has 0 spiro atoms. The van der Waals surface area contributed by atoms with E-state index in [9.17, 15) is 23.3 Å². The third-order valence-corrected chi connectivity index (χ3v) is 6.62. The summed E-state index contributed by atoms with van der Waals surface area (Å²) in [6, 6.07) is 19.1. The number of esters is 1. The summed E-state index contributed by atoms with van der Waals surface area (Å²) in [5, 5.41) is 15.3. The number of nitro benzene ring substituents is 1. The van der Waals surface area contributed by atoms with Gasteiger partial charge in [-0.25, -0.2) is 13.2 Å². The number of hydrazone groups is 1. The van der Waals surface area contributed by atoms with Crippen molar-refractivity contribution in [2.75, 3.05) is 17.3 Å². The van der Waals surface area contributed by atoms with Gasteiger partial charge in [-0.2, -0.15) is 5.10 Å². The van der Waals surface area contributed by atoms with Gasteiger partial charge in [0.25, 0.3) is 15.7 Å². The maximum Gasteiger partial charge on any atom is 0.345 e. The van der Waals surface area contributed by atoms with E-state index < -0.39 is 26.6 Å². The minimum Gasteiger partial charge on any atom is -0.497 e. The Labute approximate surface area is 223 Å². The van der Waals surface area contributed by atoms with Crippen molar-refractivity contribution in [1.29, 1.82) is 0 Å². The molecule has 4 rings (SSSR count). The van der Waals surface area contributed by atoms with Gasteiger partial charge in [0, 0.05) is 30.2 Å². The van der Waals surface area contributed by atoms with Gasteiger partial charge < -0.3 is 9.47 Å². The Morgan fingerprint density at radius 2 is 1.74 bits per heavy atom. The van der Waals surface area contributed by atoms with Crippen LogP contribution >= 0.6 is 0 Å². The average molecular weight is 548 g/mol. The zero-order valence-corrected chi connectivity index (χ0v) is 21.2. The highest BCUT2D eigenvalue weighted by molar-refractivity contribution is 7.92. The van der Waals surface area contributed by atoms with Crippen LogP contribution in [0.25, 0.3) is 0 Å². The van der Waals surface area contributed by atoms with Crippen molar-refractivity contribution < 1.29 is 27.6 Å². The Kier molecular flexibility index (Phi) is 8.12. The molecule has 0 amide bonds. The van der Waals surface area contributed by atoms with Gasteiger partial charge in [0.1, 0.15) is 16.4 Å². The number of nitrogens with one attached hydrogen (secondary N) is 2. The van der Waals surface area contributed by atoms with Crippen LogP contribution < -0.4 is 19.6 Å². The molecule has 0 aliphatic heterocycles. The Morgan fingerprint density at radius 1 is 1.03 bits per heavy atom. The first kappa shape index (κ1) is 26.8. The summed E-state index contributed by atoms with van der Waals surface area (Å²) in [6.45, 7) is 0. The summed E-state index contributed by atoms with van der Waals surface area (Å²) in [5.74, 6) is 0.285. The van der Waals surface area contributed by atoms with Crippen LogP contribution in [0.3, 0.4) is 0 Å². The molecule has 198 valence electrons. The van der Waals surface area contributed by atoms with Crippen molar-refractivity contribution in [3.8, 4) is 11.5 Å². The second-order valence-electron chi connectivity index (χ2n) is 7.84. The molecule has 3 aromatic carbocycles. The maximum atomic E-state index is 13.1. The molecular weight excluding hydrogens is 526 g/mol. The monoisotopic (exact) mass is 547 g/mol. The van der Waals surface area contributed by atoms with Crippen LogP contribution in [0.5, 0.6) is 11.5 Å². The van der Waals surface area contributed by atoms with Gasteiger partial charge >= 0.3 is 5.97 Å². The third-order valence-electron chi connectivity index (χ3n) is 5.19. The van der Waals surface area contributed by atoms with Crippen molar-refractivity contribution in [2.24, 2.45) is 5.10 Å². The van der Waals surface area contributed by atoms with Crippen molar-refractivity contribution in [2.45, 2.75) is 4.90 Å². The van der Waals surface area contributed by atoms with Gasteiger partial charge in [-0.1, -0.05) is 0 Å². The molecule has 1 heterocycles. The number of carbonyl (C=O) groups excluding carboxylic acids is 1. The number of carbonyl (C=O) groups is 1. The first-order chi connectivity index (χ1) is 18.7. The Bertz CT molecular complexity index is 1610. The van der Waals surface area contributed by atoms with E-state index in [0.29, 0.717) is 22.6 Å². The SMILES string of the molecule is COc1ccc(NS(=O)(=O)c2cc([N+](=O)[O-])ccc2N/N=C\c2ccc(OC(=O)c3cccnc3)cc2)cc1. The van der Waals surface area contributed by atoms with E-state index in [1.54, 1.807) is 54.7 Å². The standard InChI is InChI=1S/C26H21N5O7S/c1-37-22-11-6-20(7-12-22)30-39(35,36)25-15-21(31(33)34)8-13-24(25)29-28-16-18-4-9-23(10-5-18)38-26(32)19-3-2-14-27-17-19/h2-17,29-30H,1H3/b28-16-. The third kappa shape index (κ3) is 6.93. The molecule has 0 fully saturated rings. The van der Waals surface area contributed by atoms with Crippen molar-refractivity contribution >= 4 is 39.3 Å². The van der Waals surface area contributed by atoms with Gasteiger partial charge in [-0.05, 0) is 72.3 Å². The molecule has 2 N–H and O–H groups in total.